The van der Waals surface area contributed by atoms with E-state index in [2.05, 4.69) is 135 Å². The van der Waals surface area contributed by atoms with Crippen molar-refractivity contribution in [3.05, 3.63) is 226 Å². The van der Waals surface area contributed by atoms with E-state index < -0.39 is 0 Å². The van der Waals surface area contributed by atoms with Gasteiger partial charge < -0.3 is 4.98 Å². The zero-order valence-corrected chi connectivity index (χ0v) is 38.9. The van der Waals surface area contributed by atoms with Gasteiger partial charge in [0.2, 0.25) is 0 Å². The Morgan fingerprint density at radius 2 is 0.881 bits per heavy atom. The van der Waals surface area contributed by atoms with Gasteiger partial charge in [-0.25, -0.2) is 4.98 Å². The van der Waals surface area contributed by atoms with E-state index in [4.69, 9.17) is 9.97 Å². The predicted octanol–water partition coefficient (Wildman–Crippen LogP) is 15.5. The van der Waals surface area contributed by atoms with Crippen LogP contribution in [0, 0.1) is 28.2 Å². The number of rotatable bonds is 2. The maximum absolute atomic E-state index is 5.18. The van der Waals surface area contributed by atoms with Gasteiger partial charge in [0, 0.05) is 7.43 Å². The van der Waals surface area contributed by atoms with E-state index in [9.17, 15) is 0 Å². The van der Waals surface area contributed by atoms with Crippen LogP contribution in [0.1, 0.15) is 69.4 Å². The molecule has 0 saturated carbocycles. The van der Waals surface area contributed by atoms with Crippen LogP contribution in [0.25, 0.3) is 53.7 Å². The van der Waals surface area contributed by atoms with Crippen molar-refractivity contribution in [2.45, 2.75) is 52.4 Å². The van der Waals surface area contributed by atoms with Crippen molar-refractivity contribution in [1.29, 1.82) is 0 Å². The molecule has 0 atom stereocenters. The number of hydrogen-bond donors (Lipinski definition) is 0. The Morgan fingerprint density at radius 3 is 1.27 bits per heavy atom. The van der Waals surface area contributed by atoms with Crippen LogP contribution in [0.2, 0.25) is 0 Å². The molecule has 7 aromatic carbocycles. The first-order valence-electron chi connectivity index (χ1n) is 19.4. The summed E-state index contributed by atoms with van der Waals surface area (Å²) in [6, 6.07) is 58.4. The molecule has 9 aromatic rings. The molecule has 0 spiro atoms. The summed E-state index contributed by atoms with van der Waals surface area (Å²) in [5, 5.41) is 5.99. The Kier molecular flexibility index (Phi) is 16.1. The van der Waals surface area contributed by atoms with Crippen molar-refractivity contribution in [1.82, 2.24) is 9.97 Å². The largest absolute Gasteiger partial charge is 3.00 e. The van der Waals surface area contributed by atoms with Gasteiger partial charge in [-0.15, -0.1) is 53.4 Å². The summed E-state index contributed by atoms with van der Waals surface area (Å²) in [6.07, 6.45) is 0. The van der Waals surface area contributed by atoms with Crippen LogP contribution in [0.3, 0.4) is 0 Å². The SMILES string of the molecule is CC(C)(C)c1ccc2cc3ccc(C(C)(C)C)cc3c(-c3ccc(-c4nc5ccccc5s4)[n-]3)c2c1.[CH2-]c1ccccc1.[CH2-]c1ccccc1.[CH2-]c1ccccc1.[CH3+].[Zr+3]. The maximum Gasteiger partial charge on any atom is 3.00 e. The van der Waals surface area contributed by atoms with Gasteiger partial charge in [-0.1, -0.05) is 126 Å². The van der Waals surface area contributed by atoms with Gasteiger partial charge in [-0.2, -0.15) is 73.9 Å². The normalized spacial score (nSPS) is 10.8. The zero-order chi connectivity index (χ0) is 40.6. The average Bonchev–Trinajstić information content (AvgIpc) is 3.86. The Balaban J connectivity index is 0.000000271. The molecular formula is C55H55N2SZr. The van der Waals surface area contributed by atoms with E-state index in [1.807, 2.05) is 97.1 Å². The standard InChI is InChI=1S/C33H31N2S.3C7H7.CH3.Zr/c1-32(2,3)22-13-11-20-17-21-12-14-23(33(4,5)6)19-25(21)30(24(20)18-22)27-15-16-28(34-27)31-35-26-9-7-8-10-29(26)36-31;3*1-7-5-3-2-4-6-7;;/h7-19H,1-6H3;3*2-6H,1H2;1H3;/q4*-1;+1;+3. The van der Waals surface area contributed by atoms with Crippen LogP contribution in [0.4, 0.5) is 0 Å². The Morgan fingerprint density at radius 1 is 0.475 bits per heavy atom. The molecule has 2 heterocycles. The van der Waals surface area contributed by atoms with Crippen LogP contribution < -0.4 is 4.98 Å². The fraction of sp³-hybridized carbons (Fsp3) is 0.145. The van der Waals surface area contributed by atoms with E-state index >= 15 is 0 Å². The molecular weight excluding hydrogens is 812 g/mol. The summed E-state index contributed by atoms with van der Waals surface area (Å²) in [6.45, 7) is 24.8. The number of aromatic nitrogens is 2. The maximum atomic E-state index is 5.18. The minimum atomic E-state index is 0. The van der Waals surface area contributed by atoms with E-state index in [1.54, 1.807) is 11.3 Å². The molecule has 0 bridgehead atoms. The van der Waals surface area contributed by atoms with E-state index in [0.717, 1.165) is 38.6 Å². The molecule has 0 fully saturated rings. The first kappa shape index (κ1) is 46.3. The van der Waals surface area contributed by atoms with Gasteiger partial charge in [0.25, 0.3) is 0 Å². The van der Waals surface area contributed by atoms with Gasteiger partial charge in [-0.3, -0.25) is 0 Å². The summed E-state index contributed by atoms with van der Waals surface area (Å²) >= 11 is 1.70. The molecule has 1 radical (unpaired) electrons. The third-order valence-corrected chi connectivity index (χ3v) is 10.7. The topological polar surface area (TPSA) is 27.0 Å². The third-order valence-electron chi connectivity index (χ3n) is 9.63. The molecule has 59 heavy (non-hydrogen) atoms. The molecule has 0 aliphatic carbocycles. The summed E-state index contributed by atoms with van der Waals surface area (Å²) in [4.78, 5) is 10.0. The number of hydrogen-bond acceptors (Lipinski definition) is 2. The summed E-state index contributed by atoms with van der Waals surface area (Å²) in [7, 11) is 0. The minimum absolute atomic E-state index is 0. The number of nitrogens with zero attached hydrogens (tertiary/aromatic N) is 2. The molecule has 0 N–H and O–H groups in total. The number of benzene rings is 7. The molecule has 2 aromatic heterocycles. The molecule has 0 aliphatic heterocycles. The van der Waals surface area contributed by atoms with Crippen molar-refractivity contribution >= 4 is 43.1 Å². The summed E-state index contributed by atoms with van der Waals surface area (Å²) < 4.78 is 1.19. The van der Waals surface area contributed by atoms with E-state index in [1.165, 1.54) is 42.9 Å². The van der Waals surface area contributed by atoms with Gasteiger partial charge in [0.1, 0.15) is 5.01 Å². The molecule has 0 amide bonds. The first-order valence-corrected chi connectivity index (χ1v) is 20.2. The fourth-order valence-corrected chi connectivity index (χ4v) is 7.29. The van der Waals surface area contributed by atoms with Crippen molar-refractivity contribution in [2.24, 2.45) is 0 Å². The van der Waals surface area contributed by atoms with Crippen molar-refractivity contribution in [2.75, 3.05) is 0 Å². The van der Waals surface area contributed by atoms with Crippen molar-refractivity contribution in [3.63, 3.8) is 0 Å². The summed E-state index contributed by atoms with van der Waals surface area (Å²) in [5.41, 5.74) is 10.2. The van der Waals surface area contributed by atoms with Crippen molar-refractivity contribution < 1.29 is 26.2 Å². The van der Waals surface area contributed by atoms with Gasteiger partial charge in [0.15, 0.2) is 0 Å². The van der Waals surface area contributed by atoms with Gasteiger partial charge in [0.05, 0.1) is 10.2 Å². The molecule has 0 unspecified atom stereocenters. The molecule has 9 rings (SSSR count). The van der Waals surface area contributed by atoms with Crippen LogP contribution >= 0.6 is 11.3 Å². The fourth-order valence-electron chi connectivity index (χ4n) is 6.36. The first-order chi connectivity index (χ1) is 27.3. The number of thiazole rings is 1. The molecule has 0 aliphatic rings. The van der Waals surface area contributed by atoms with E-state index in [-0.39, 0.29) is 44.5 Å². The smallest absolute Gasteiger partial charge is 0.655 e. The monoisotopic (exact) mass is 865 g/mol. The van der Waals surface area contributed by atoms with Crippen molar-refractivity contribution in [3.8, 4) is 22.0 Å². The molecule has 4 heteroatoms. The van der Waals surface area contributed by atoms with E-state index in [0.29, 0.717) is 0 Å². The zero-order valence-electron chi connectivity index (χ0n) is 35.6. The van der Waals surface area contributed by atoms with Crippen LogP contribution in [-0.4, -0.2) is 4.98 Å². The second kappa shape index (κ2) is 20.5. The predicted molar refractivity (Wildman–Crippen MR) is 255 cm³/mol. The summed E-state index contributed by atoms with van der Waals surface area (Å²) in [5.74, 6) is 0. The minimum Gasteiger partial charge on any atom is -0.655 e. The molecule has 0 saturated heterocycles. The molecule has 295 valence electrons. The third kappa shape index (κ3) is 12.3. The van der Waals surface area contributed by atoms with Crippen LogP contribution in [-0.2, 0) is 37.0 Å². The number of fused-ring (bicyclic) bond motifs is 3. The molecule has 2 nitrogen and oxygen atoms in total. The Labute approximate surface area is 376 Å². The quantitative estimate of drug-likeness (QED) is 0.128. The second-order valence-electron chi connectivity index (χ2n) is 16.3. The van der Waals surface area contributed by atoms with Gasteiger partial charge in [-0.05, 0) is 67.3 Å². The second-order valence-corrected chi connectivity index (χ2v) is 17.3. The van der Waals surface area contributed by atoms with Crippen LogP contribution in [0.5, 0.6) is 0 Å². The van der Waals surface area contributed by atoms with Gasteiger partial charge >= 0.3 is 26.2 Å². The van der Waals surface area contributed by atoms with Crippen LogP contribution in [0.15, 0.2) is 170 Å². The average molecular weight is 867 g/mol. The Hall–Kier alpha value is -5.41. The Bertz CT molecular complexity index is 2470. The number of para-hydroxylation sites is 1.